The highest BCUT2D eigenvalue weighted by Crippen LogP contribution is 2.22. The van der Waals surface area contributed by atoms with E-state index in [9.17, 15) is 4.79 Å². The average Bonchev–Trinajstić information content (AvgIpc) is 3.15. The van der Waals surface area contributed by atoms with Gasteiger partial charge in [0.25, 0.3) is 0 Å². The lowest BCUT2D eigenvalue weighted by Gasteiger charge is -2.27. The normalized spacial score (nSPS) is 11.6. The zero-order valence-corrected chi connectivity index (χ0v) is 20.1. The molecule has 0 fully saturated rings. The summed E-state index contributed by atoms with van der Waals surface area (Å²) < 4.78 is 6.07. The number of carbonyl (C=O) groups is 1. The molecular formula is C20H31IN6O2. The SMILES string of the molecule is CCc1ccc(C(C)(C)CNC(=NC)NCc2cn(CC(=O)OC)nn2)cc1.I. The number of rotatable bonds is 8. The van der Waals surface area contributed by atoms with Crippen molar-refractivity contribution in [1.29, 1.82) is 0 Å². The molecule has 29 heavy (non-hydrogen) atoms. The van der Waals surface area contributed by atoms with Gasteiger partial charge in [-0.05, 0) is 17.5 Å². The van der Waals surface area contributed by atoms with Crippen molar-refractivity contribution in [2.45, 2.75) is 45.7 Å². The standard InChI is InChI=1S/C20H30N6O2.HI/c1-6-15-7-9-16(10-8-15)20(2,3)14-23-19(21-4)22-11-17-12-26(25-24-17)13-18(27)28-5;/h7-10,12H,6,11,13-14H2,1-5H3,(H2,21,22,23);1H. The number of nitrogens with zero attached hydrogens (tertiary/aromatic N) is 4. The number of methoxy groups -OCH3 is 1. The number of aliphatic imine (C=N–C) groups is 1. The van der Waals surface area contributed by atoms with Crippen molar-refractivity contribution in [3.8, 4) is 0 Å². The monoisotopic (exact) mass is 514 g/mol. The second kappa shape index (κ2) is 11.7. The fourth-order valence-electron chi connectivity index (χ4n) is 2.69. The smallest absolute Gasteiger partial charge is 0.327 e. The first-order chi connectivity index (χ1) is 13.4. The molecule has 0 radical (unpaired) electrons. The predicted octanol–water partition coefficient (Wildman–Crippen LogP) is 2.27. The Bertz CT molecular complexity index is 802. The van der Waals surface area contributed by atoms with Crippen LogP contribution in [-0.2, 0) is 34.5 Å². The maximum Gasteiger partial charge on any atom is 0.327 e. The third-order valence-corrected chi connectivity index (χ3v) is 4.61. The van der Waals surface area contributed by atoms with Gasteiger partial charge in [-0.3, -0.25) is 9.79 Å². The molecule has 0 atom stereocenters. The van der Waals surface area contributed by atoms with Gasteiger partial charge in [0.05, 0.1) is 19.9 Å². The molecule has 2 rings (SSSR count). The van der Waals surface area contributed by atoms with Crippen LogP contribution in [0.15, 0.2) is 35.5 Å². The molecule has 2 aromatic rings. The largest absolute Gasteiger partial charge is 0.468 e. The summed E-state index contributed by atoms with van der Waals surface area (Å²) in [5.41, 5.74) is 3.28. The van der Waals surface area contributed by atoms with Gasteiger partial charge in [-0.2, -0.15) is 0 Å². The van der Waals surface area contributed by atoms with Gasteiger partial charge in [0, 0.05) is 19.0 Å². The minimum atomic E-state index is -0.365. The number of halogens is 1. The average molecular weight is 514 g/mol. The van der Waals surface area contributed by atoms with Crippen molar-refractivity contribution in [3.05, 3.63) is 47.3 Å². The van der Waals surface area contributed by atoms with Crippen LogP contribution < -0.4 is 10.6 Å². The van der Waals surface area contributed by atoms with E-state index in [1.807, 2.05) is 0 Å². The predicted molar refractivity (Wildman–Crippen MR) is 125 cm³/mol. The zero-order valence-electron chi connectivity index (χ0n) is 17.7. The van der Waals surface area contributed by atoms with E-state index in [0.717, 1.165) is 13.0 Å². The van der Waals surface area contributed by atoms with Crippen LogP contribution in [0.2, 0.25) is 0 Å². The van der Waals surface area contributed by atoms with E-state index >= 15 is 0 Å². The second-order valence-electron chi connectivity index (χ2n) is 7.20. The molecule has 1 heterocycles. The Balaban J connectivity index is 0.00000420. The number of carbonyl (C=O) groups excluding carboxylic acids is 1. The first kappa shape index (κ1) is 24.9. The Morgan fingerprint density at radius 1 is 1.24 bits per heavy atom. The summed E-state index contributed by atoms with van der Waals surface area (Å²) in [4.78, 5) is 15.5. The number of hydrogen-bond acceptors (Lipinski definition) is 5. The molecule has 0 unspecified atom stereocenters. The Morgan fingerprint density at radius 2 is 1.93 bits per heavy atom. The summed E-state index contributed by atoms with van der Waals surface area (Å²) >= 11 is 0. The molecule has 0 saturated heterocycles. The number of hydrogen-bond donors (Lipinski definition) is 2. The van der Waals surface area contributed by atoms with Crippen LogP contribution in [0.3, 0.4) is 0 Å². The molecule has 160 valence electrons. The summed E-state index contributed by atoms with van der Waals surface area (Å²) in [6, 6.07) is 8.75. The minimum absolute atomic E-state index is 0. The third kappa shape index (κ3) is 7.64. The molecule has 9 heteroatoms. The summed E-state index contributed by atoms with van der Waals surface area (Å²) in [6.45, 7) is 7.78. The van der Waals surface area contributed by atoms with Gasteiger partial charge < -0.3 is 15.4 Å². The van der Waals surface area contributed by atoms with Crippen molar-refractivity contribution >= 4 is 35.9 Å². The number of nitrogens with one attached hydrogen (secondary N) is 2. The number of ether oxygens (including phenoxy) is 1. The molecule has 0 aliphatic rings. The van der Waals surface area contributed by atoms with E-state index in [-0.39, 0.29) is 41.9 Å². The molecule has 2 N–H and O–H groups in total. The van der Waals surface area contributed by atoms with Crippen LogP contribution in [0.25, 0.3) is 0 Å². The molecule has 1 aromatic carbocycles. The van der Waals surface area contributed by atoms with E-state index < -0.39 is 0 Å². The van der Waals surface area contributed by atoms with Crippen LogP contribution >= 0.6 is 24.0 Å². The molecule has 8 nitrogen and oxygen atoms in total. The minimum Gasteiger partial charge on any atom is -0.468 e. The number of aromatic nitrogens is 3. The first-order valence-corrected chi connectivity index (χ1v) is 9.37. The van der Waals surface area contributed by atoms with Crippen LogP contribution in [0.5, 0.6) is 0 Å². The molecule has 0 spiro atoms. The Kier molecular flexibility index (Phi) is 10.1. The molecule has 0 amide bonds. The third-order valence-electron chi connectivity index (χ3n) is 4.61. The molecule has 0 bridgehead atoms. The van der Waals surface area contributed by atoms with Crippen molar-refractivity contribution in [3.63, 3.8) is 0 Å². The summed E-state index contributed by atoms with van der Waals surface area (Å²) in [6.07, 6.45) is 2.75. The van der Waals surface area contributed by atoms with E-state index in [2.05, 4.69) is 75.7 Å². The van der Waals surface area contributed by atoms with E-state index in [1.165, 1.54) is 22.9 Å². The summed E-state index contributed by atoms with van der Waals surface area (Å²) in [5, 5.41) is 14.5. The Labute approximate surface area is 189 Å². The summed E-state index contributed by atoms with van der Waals surface area (Å²) in [5.74, 6) is 0.317. The lowest BCUT2D eigenvalue weighted by molar-refractivity contribution is -0.141. The van der Waals surface area contributed by atoms with Gasteiger partial charge in [-0.15, -0.1) is 29.1 Å². The topological polar surface area (TPSA) is 93.4 Å². The van der Waals surface area contributed by atoms with Crippen molar-refractivity contribution in [2.75, 3.05) is 20.7 Å². The number of benzene rings is 1. The summed E-state index contributed by atoms with van der Waals surface area (Å²) in [7, 11) is 3.07. The van der Waals surface area contributed by atoms with Gasteiger partial charge >= 0.3 is 5.97 Å². The highest BCUT2D eigenvalue weighted by molar-refractivity contribution is 14.0. The molecule has 1 aromatic heterocycles. The van der Waals surface area contributed by atoms with Crippen molar-refractivity contribution in [1.82, 2.24) is 25.6 Å². The van der Waals surface area contributed by atoms with Crippen LogP contribution in [0.1, 0.15) is 37.6 Å². The Morgan fingerprint density at radius 3 is 2.52 bits per heavy atom. The molecule has 0 aliphatic carbocycles. The second-order valence-corrected chi connectivity index (χ2v) is 7.20. The fraction of sp³-hybridized carbons (Fsp3) is 0.500. The molecule has 0 saturated carbocycles. The zero-order chi connectivity index (χ0) is 20.6. The van der Waals surface area contributed by atoms with E-state index in [1.54, 1.807) is 13.2 Å². The van der Waals surface area contributed by atoms with Gasteiger partial charge in [-0.25, -0.2) is 4.68 Å². The molecule has 0 aliphatic heterocycles. The van der Waals surface area contributed by atoms with E-state index in [0.29, 0.717) is 18.2 Å². The van der Waals surface area contributed by atoms with Gasteiger partial charge in [0.15, 0.2) is 5.96 Å². The van der Waals surface area contributed by atoms with Crippen molar-refractivity contribution < 1.29 is 9.53 Å². The number of guanidine groups is 1. The van der Waals surface area contributed by atoms with Crippen molar-refractivity contribution in [2.24, 2.45) is 4.99 Å². The first-order valence-electron chi connectivity index (χ1n) is 9.37. The van der Waals surface area contributed by atoms with E-state index in [4.69, 9.17) is 0 Å². The van der Waals surface area contributed by atoms with Crippen LogP contribution in [0.4, 0.5) is 0 Å². The Hall–Kier alpha value is -2.17. The van der Waals surface area contributed by atoms with Crippen LogP contribution in [0, 0.1) is 0 Å². The maximum atomic E-state index is 11.3. The van der Waals surface area contributed by atoms with Crippen LogP contribution in [-0.4, -0.2) is 47.6 Å². The number of aryl methyl sites for hydroxylation is 1. The quantitative estimate of drug-likeness (QED) is 0.243. The number of esters is 1. The van der Waals surface area contributed by atoms with Gasteiger partial charge in [-0.1, -0.05) is 50.3 Å². The van der Waals surface area contributed by atoms with Gasteiger partial charge in [0.1, 0.15) is 12.2 Å². The highest BCUT2D eigenvalue weighted by Gasteiger charge is 2.21. The van der Waals surface area contributed by atoms with Gasteiger partial charge in [0.2, 0.25) is 0 Å². The lowest BCUT2D eigenvalue weighted by Crippen LogP contribution is -2.43. The highest BCUT2D eigenvalue weighted by atomic mass is 127. The molecular weight excluding hydrogens is 483 g/mol. The lowest BCUT2D eigenvalue weighted by atomic mass is 9.84. The maximum absolute atomic E-state index is 11.3. The fourth-order valence-corrected chi connectivity index (χ4v) is 2.69.